The molecular formula is C29H23NO3S. The quantitative estimate of drug-likeness (QED) is 0.289. The first-order chi connectivity index (χ1) is 16.5. The van der Waals surface area contributed by atoms with E-state index in [2.05, 4.69) is 30.3 Å². The van der Waals surface area contributed by atoms with Crippen molar-refractivity contribution in [3.8, 4) is 5.75 Å². The van der Waals surface area contributed by atoms with E-state index in [4.69, 9.17) is 4.74 Å². The molecule has 0 radical (unpaired) electrons. The molecule has 0 aliphatic carbocycles. The van der Waals surface area contributed by atoms with Gasteiger partial charge in [-0.1, -0.05) is 78.4 Å². The summed E-state index contributed by atoms with van der Waals surface area (Å²) in [6, 6.07) is 29.9. The van der Waals surface area contributed by atoms with Crippen LogP contribution in [0.1, 0.15) is 22.3 Å². The minimum absolute atomic E-state index is 0.243. The van der Waals surface area contributed by atoms with Gasteiger partial charge >= 0.3 is 0 Å². The monoisotopic (exact) mass is 465 g/mol. The summed E-state index contributed by atoms with van der Waals surface area (Å²) in [5.74, 6) is 0.492. The highest BCUT2D eigenvalue weighted by Gasteiger charge is 2.34. The zero-order valence-electron chi connectivity index (χ0n) is 18.7. The highest BCUT2D eigenvalue weighted by Crippen LogP contribution is 2.33. The number of fused-ring (bicyclic) bond motifs is 1. The van der Waals surface area contributed by atoms with Crippen LogP contribution in [0.2, 0.25) is 0 Å². The fourth-order valence-corrected chi connectivity index (χ4v) is 4.77. The van der Waals surface area contributed by atoms with Crippen LogP contribution in [0, 0.1) is 6.92 Å². The molecule has 5 heteroatoms. The van der Waals surface area contributed by atoms with Crippen molar-refractivity contribution in [1.29, 1.82) is 0 Å². The van der Waals surface area contributed by atoms with Crippen LogP contribution in [0.15, 0.2) is 95.9 Å². The number of nitrogens with zero attached hydrogens (tertiary/aromatic N) is 1. The Morgan fingerprint density at radius 2 is 1.62 bits per heavy atom. The van der Waals surface area contributed by atoms with Crippen LogP contribution in [0.5, 0.6) is 5.75 Å². The molecule has 4 aromatic carbocycles. The normalized spacial score (nSPS) is 14.9. The maximum Gasteiger partial charge on any atom is 0.293 e. The average Bonchev–Trinajstić information content (AvgIpc) is 3.11. The summed E-state index contributed by atoms with van der Waals surface area (Å²) in [6.07, 6.45) is 1.76. The lowest BCUT2D eigenvalue weighted by Gasteiger charge is -2.12. The van der Waals surface area contributed by atoms with E-state index >= 15 is 0 Å². The second kappa shape index (κ2) is 9.57. The highest BCUT2D eigenvalue weighted by atomic mass is 32.2. The number of hydrogen-bond acceptors (Lipinski definition) is 4. The molecular weight excluding hydrogens is 442 g/mol. The first-order valence-corrected chi connectivity index (χ1v) is 11.9. The number of aryl methyl sites for hydroxylation is 1. The predicted molar refractivity (Wildman–Crippen MR) is 137 cm³/mol. The van der Waals surface area contributed by atoms with E-state index in [9.17, 15) is 9.59 Å². The summed E-state index contributed by atoms with van der Waals surface area (Å²) in [4.78, 5) is 27.0. The van der Waals surface area contributed by atoms with Crippen LogP contribution in [0.25, 0.3) is 16.8 Å². The lowest BCUT2D eigenvalue weighted by molar-refractivity contribution is -0.123. The minimum Gasteiger partial charge on any atom is -0.489 e. The average molecular weight is 466 g/mol. The van der Waals surface area contributed by atoms with E-state index in [1.807, 2.05) is 67.6 Å². The molecule has 0 N–H and O–H groups in total. The molecule has 5 rings (SSSR count). The molecule has 4 aromatic rings. The maximum absolute atomic E-state index is 12.8. The largest absolute Gasteiger partial charge is 0.489 e. The molecule has 1 fully saturated rings. The molecule has 34 heavy (non-hydrogen) atoms. The molecule has 4 nitrogen and oxygen atoms in total. The summed E-state index contributed by atoms with van der Waals surface area (Å²) in [5.41, 5.74) is 3.99. The van der Waals surface area contributed by atoms with Crippen molar-refractivity contribution >= 4 is 39.8 Å². The number of ether oxygens (including phenoxy) is 1. The number of amides is 2. The summed E-state index contributed by atoms with van der Waals surface area (Å²) >= 11 is 0.980. The van der Waals surface area contributed by atoms with Gasteiger partial charge in [0.05, 0.1) is 11.4 Å². The van der Waals surface area contributed by atoms with Gasteiger partial charge in [0, 0.05) is 0 Å². The van der Waals surface area contributed by atoms with E-state index in [0.29, 0.717) is 11.5 Å². The van der Waals surface area contributed by atoms with Gasteiger partial charge < -0.3 is 4.74 Å². The first kappa shape index (κ1) is 22.0. The summed E-state index contributed by atoms with van der Waals surface area (Å²) in [6.45, 7) is 2.75. The zero-order valence-corrected chi connectivity index (χ0v) is 19.5. The number of benzene rings is 4. The van der Waals surface area contributed by atoms with Crippen LogP contribution < -0.4 is 4.74 Å². The number of carbonyl (C=O) groups excluding carboxylic acids is 2. The Labute approximate surface area is 202 Å². The maximum atomic E-state index is 12.8. The first-order valence-electron chi connectivity index (χ1n) is 11.1. The van der Waals surface area contributed by atoms with E-state index in [0.717, 1.165) is 39.8 Å². The lowest BCUT2D eigenvalue weighted by atomic mass is 10.1. The lowest BCUT2D eigenvalue weighted by Crippen LogP contribution is -2.27. The van der Waals surface area contributed by atoms with Crippen molar-refractivity contribution < 1.29 is 14.3 Å². The standard InChI is InChI=1S/C29H23NO3S/c1-20-5-4-6-22(15-20)18-30-28(31)27(34-29(30)32)17-21-10-13-26(14-11-21)33-19-23-9-12-24-7-2-3-8-25(24)16-23/h2-17H,18-19H2,1H3/b27-17-. The molecule has 0 unspecified atom stereocenters. The second-order valence-electron chi connectivity index (χ2n) is 8.30. The van der Waals surface area contributed by atoms with Crippen LogP contribution in [0.3, 0.4) is 0 Å². The van der Waals surface area contributed by atoms with Crippen molar-refractivity contribution in [3.63, 3.8) is 0 Å². The van der Waals surface area contributed by atoms with Gasteiger partial charge in [-0.05, 0) is 70.4 Å². The van der Waals surface area contributed by atoms with Crippen LogP contribution >= 0.6 is 11.8 Å². The Bertz CT molecular complexity index is 1410. The third-order valence-electron chi connectivity index (χ3n) is 5.69. The van der Waals surface area contributed by atoms with Crippen LogP contribution in [-0.2, 0) is 17.9 Å². The van der Waals surface area contributed by atoms with E-state index < -0.39 is 0 Å². The molecule has 1 aliphatic heterocycles. The van der Waals surface area contributed by atoms with Crippen LogP contribution in [0.4, 0.5) is 4.79 Å². The summed E-state index contributed by atoms with van der Waals surface area (Å²) in [5, 5.41) is 2.15. The van der Waals surface area contributed by atoms with Gasteiger partial charge in [-0.2, -0.15) is 0 Å². The molecule has 2 amide bonds. The SMILES string of the molecule is Cc1cccc(CN2C(=O)S/C(=C\c3ccc(OCc4ccc5ccccc5c4)cc3)C2=O)c1. The minimum atomic E-state index is -0.256. The third kappa shape index (κ3) is 4.90. The fraction of sp³-hybridized carbons (Fsp3) is 0.103. The number of rotatable bonds is 6. The van der Waals surface area contributed by atoms with Gasteiger partial charge in [-0.15, -0.1) is 0 Å². The molecule has 0 saturated carbocycles. The van der Waals surface area contributed by atoms with Gasteiger partial charge in [0.15, 0.2) is 0 Å². The summed E-state index contributed by atoms with van der Waals surface area (Å²) < 4.78 is 5.94. The van der Waals surface area contributed by atoms with Gasteiger partial charge in [0.1, 0.15) is 12.4 Å². The molecule has 0 aromatic heterocycles. The van der Waals surface area contributed by atoms with Crippen molar-refractivity contribution in [2.24, 2.45) is 0 Å². The van der Waals surface area contributed by atoms with Crippen LogP contribution in [-0.4, -0.2) is 16.0 Å². The molecule has 1 saturated heterocycles. The molecule has 0 bridgehead atoms. The number of carbonyl (C=O) groups is 2. The Kier molecular flexibility index (Phi) is 6.19. The topological polar surface area (TPSA) is 46.6 Å². The molecule has 0 atom stereocenters. The molecule has 1 heterocycles. The Balaban J connectivity index is 1.23. The fourth-order valence-electron chi connectivity index (χ4n) is 3.94. The van der Waals surface area contributed by atoms with E-state index in [1.54, 1.807) is 6.08 Å². The molecule has 0 spiro atoms. The Morgan fingerprint density at radius 1 is 0.824 bits per heavy atom. The second-order valence-corrected chi connectivity index (χ2v) is 9.29. The van der Waals surface area contributed by atoms with Crippen molar-refractivity contribution in [2.45, 2.75) is 20.1 Å². The predicted octanol–water partition coefficient (Wildman–Crippen LogP) is 6.96. The Morgan fingerprint density at radius 3 is 2.41 bits per heavy atom. The van der Waals surface area contributed by atoms with Crippen molar-refractivity contribution in [3.05, 3.63) is 118 Å². The molecule has 1 aliphatic rings. The van der Waals surface area contributed by atoms with Crippen molar-refractivity contribution in [2.75, 3.05) is 0 Å². The Hall–Kier alpha value is -3.83. The van der Waals surface area contributed by atoms with E-state index in [-0.39, 0.29) is 17.7 Å². The smallest absolute Gasteiger partial charge is 0.293 e. The van der Waals surface area contributed by atoms with Gasteiger partial charge in [0.2, 0.25) is 0 Å². The highest BCUT2D eigenvalue weighted by molar-refractivity contribution is 8.18. The van der Waals surface area contributed by atoms with Gasteiger partial charge in [-0.3, -0.25) is 14.5 Å². The number of hydrogen-bond donors (Lipinski definition) is 0. The number of thioether (sulfide) groups is 1. The van der Waals surface area contributed by atoms with E-state index in [1.165, 1.54) is 15.7 Å². The number of imide groups is 1. The van der Waals surface area contributed by atoms with Gasteiger partial charge in [0.25, 0.3) is 11.1 Å². The summed E-state index contributed by atoms with van der Waals surface area (Å²) in [7, 11) is 0. The third-order valence-corrected chi connectivity index (χ3v) is 6.60. The molecule has 168 valence electrons. The van der Waals surface area contributed by atoms with Crippen molar-refractivity contribution in [1.82, 2.24) is 4.90 Å². The van der Waals surface area contributed by atoms with Gasteiger partial charge in [-0.25, -0.2) is 0 Å². The zero-order chi connectivity index (χ0) is 23.5.